The Bertz CT molecular complexity index is 543. The molecule has 0 radical (unpaired) electrons. The van der Waals surface area contributed by atoms with Crippen molar-refractivity contribution in [3.05, 3.63) is 47.4 Å². The van der Waals surface area contributed by atoms with Crippen LogP contribution in [-0.4, -0.2) is 16.5 Å². The molecule has 106 valence electrons. The summed E-state index contributed by atoms with van der Waals surface area (Å²) in [5.41, 5.74) is 1.14. The second-order valence-electron chi connectivity index (χ2n) is 4.66. The molecule has 3 nitrogen and oxygen atoms in total. The van der Waals surface area contributed by atoms with E-state index in [9.17, 15) is 0 Å². The summed E-state index contributed by atoms with van der Waals surface area (Å²) in [6.45, 7) is 5.15. The Morgan fingerprint density at radius 2 is 1.85 bits per heavy atom. The van der Waals surface area contributed by atoms with Crippen LogP contribution in [0.2, 0.25) is 5.15 Å². The molecule has 0 aliphatic heterocycles. The van der Waals surface area contributed by atoms with E-state index >= 15 is 0 Å². The number of hydrogen-bond donors (Lipinski definition) is 0. The van der Waals surface area contributed by atoms with E-state index in [0.717, 1.165) is 43.1 Å². The molecule has 0 aliphatic carbocycles. The maximum absolute atomic E-state index is 6.12. The van der Waals surface area contributed by atoms with Crippen LogP contribution in [0.25, 0.3) is 0 Å². The minimum Gasteiger partial charge on any atom is -0.326 e. The lowest BCUT2D eigenvalue weighted by atomic mass is 10.2. The highest BCUT2D eigenvalue weighted by atomic mass is 35.5. The molecule has 0 fully saturated rings. The van der Waals surface area contributed by atoms with Crippen molar-refractivity contribution in [2.75, 3.05) is 11.4 Å². The van der Waals surface area contributed by atoms with Crippen LogP contribution in [0.5, 0.6) is 0 Å². The van der Waals surface area contributed by atoms with Crippen LogP contribution in [0, 0.1) is 0 Å². The lowest BCUT2D eigenvalue weighted by molar-refractivity contribution is 0.774. The molecule has 2 aromatic rings. The van der Waals surface area contributed by atoms with Crippen molar-refractivity contribution in [1.82, 2.24) is 9.97 Å². The Morgan fingerprint density at radius 3 is 2.50 bits per heavy atom. The lowest BCUT2D eigenvalue weighted by Gasteiger charge is -2.24. The molecular weight excluding hydrogens is 270 g/mol. The summed E-state index contributed by atoms with van der Waals surface area (Å²) in [6.07, 6.45) is 3.03. The first-order valence-electron chi connectivity index (χ1n) is 7.10. The van der Waals surface area contributed by atoms with E-state index in [1.54, 1.807) is 0 Å². The summed E-state index contributed by atoms with van der Waals surface area (Å²) < 4.78 is 0. The molecule has 0 amide bonds. The predicted octanol–water partition coefficient (Wildman–Crippen LogP) is 4.63. The lowest BCUT2D eigenvalue weighted by Crippen LogP contribution is -2.20. The summed E-state index contributed by atoms with van der Waals surface area (Å²) in [5, 5.41) is 0.504. The van der Waals surface area contributed by atoms with Crippen molar-refractivity contribution in [2.24, 2.45) is 0 Å². The molecule has 2 rings (SSSR count). The Hall–Kier alpha value is -1.61. The van der Waals surface area contributed by atoms with Gasteiger partial charge in [-0.2, -0.15) is 0 Å². The van der Waals surface area contributed by atoms with E-state index < -0.39 is 0 Å². The van der Waals surface area contributed by atoms with Crippen LogP contribution in [0.1, 0.15) is 32.5 Å². The smallest absolute Gasteiger partial charge is 0.138 e. The molecule has 0 spiro atoms. The minimum absolute atomic E-state index is 0.504. The molecule has 1 aromatic heterocycles. The highest BCUT2D eigenvalue weighted by molar-refractivity contribution is 6.29. The van der Waals surface area contributed by atoms with Crippen LogP contribution in [0.15, 0.2) is 36.4 Å². The van der Waals surface area contributed by atoms with E-state index in [2.05, 4.69) is 33.9 Å². The van der Waals surface area contributed by atoms with E-state index in [1.807, 2.05) is 31.2 Å². The summed E-state index contributed by atoms with van der Waals surface area (Å²) in [5.74, 6) is 1.66. The van der Waals surface area contributed by atoms with Gasteiger partial charge in [0, 0.05) is 24.7 Å². The first-order valence-corrected chi connectivity index (χ1v) is 7.48. The molecule has 0 bridgehead atoms. The van der Waals surface area contributed by atoms with Crippen molar-refractivity contribution in [3.8, 4) is 0 Å². The second-order valence-corrected chi connectivity index (χ2v) is 5.05. The van der Waals surface area contributed by atoms with Crippen LogP contribution >= 0.6 is 11.6 Å². The largest absolute Gasteiger partial charge is 0.326 e. The number of benzene rings is 1. The van der Waals surface area contributed by atoms with Crippen molar-refractivity contribution >= 4 is 23.1 Å². The SMILES string of the molecule is CCCCN(c1ccccc1)c1cc(Cl)nc(CC)n1. The molecule has 0 aliphatic rings. The van der Waals surface area contributed by atoms with Crippen molar-refractivity contribution in [3.63, 3.8) is 0 Å². The number of unbranched alkanes of at least 4 members (excludes halogenated alkanes) is 1. The van der Waals surface area contributed by atoms with Gasteiger partial charge in [0.1, 0.15) is 16.8 Å². The van der Waals surface area contributed by atoms with E-state index in [0.29, 0.717) is 5.15 Å². The van der Waals surface area contributed by atoms with E-state index in [1.165, 1.54) is 0 Å². The zero-order chi connectivity index (χ0) is 14.4. The van der Waals surface area contributed by atoms with Gasteiger partial charge in [-0.25, -0.2) is 9.97 Å². The van der Waals surface area contributed by atoms with Gasteiger partial charge in [-0.15, -0.1) is 0 Å². The van der Waals surface area contributed by atoms with Crippen LogP contribution in [0.3, 0.4) is 0 Å². The first kappa shape index (κ1) is 14.8. The molecule has 4 heteroatoms. The molecule has 0 atom stereocenters. The number of anilines is 2. The summed E-state index contributed by atoms with van der Waals surface area (Å²) in [7, 11) is 0. The fourth-order valence-corrected chi connectivity index (χ4v) is 2.24. The molecule has 0 saturated carbocycles. The number of nitrogens with zero attached hydrogens (tertiary/aromatic N) is 3. The highest BCUT2D eigenvalue weighted by Crippen LogP contribution is 2.25. The number of hydrogen-bond acceptors (Lipinski definition) is 3. The third kappa shape index (κ3) is 3.70. The van der Waals surface area contributed by atoms with Gasteiger partial charge in [0.15, 0.2) is 0 Å². The average molecular weight is 290 g/mol. The second kappa shape index (κ2) is 7.25. The minimum atomic E-state index is 0.504. The predicted molar refractivity (Wildman–Crippen MR) is 84.8 cm³/mol. The van der Waals surface area contributed by atoms with Crippen molar-refractivity contribution < 1.29 is 0 Å². The van der Waals surface area contributed by atoms with E-state index in [-0.39, 0.29) is 0 Å². The first-order chi connectivity index (χ1) is 9.74. The Balaban J connectivity index is 2.38. The van der Waals surface area contributed by atoms with Gasteiger partial charge in [-0.3, -0.25) is 0 Å². The monoisotopic (exact) mass is 289 g/mol. The normalized spacial score (nSPS) is 10.6. The fraction of sp³-hybridized carbons (Fsp3) is 0.375. The number of aryl methyl sites for hydroxylation is 1. The zero-order valence-corrected chi connectivity index (χ0v) is 12.8. The van der Waals surface area contributed by atoms with Gasteiger partial charge in [0.25, 0.3) is 0 Å². The van der Waals surface area contributed by atoms with Gasteiger partial charge in [-0.1, -0.05) is 50.1 Å². The Kier molecular flexibility index (Phi) is 5.36. The fourth-order valence-electron chi connectivity index (χ4n) is 2.05. The average Bonchev–Trinajstić information content (AvgIpc) is 2.48. The van der Waals surface area contributed by atoms with Gasteiger partial charge in [0.2, 0.25) is 0 Å². The molecule has 1 heterocycles. The number of halogens is 1. The number of para-hydroxylation sites is 1. The van der Waals surface area contributed by atoms with Crippen LogP contribution in [0.4, 0.5) is 11.5 Å². The van der Waals surface area contributed by atoms with E-state index in [4.69, 9.17) is 11.6 Å². The molecular formula is C16H20ClN3. The molecule has 20 heavy (non-hydrogen) atoms. The highest BCUT2D eigenvalue weighted by Gasteiger charge is 2.12. The Labute approximate surface area is 125 Å². The van der Waals surface area contributed by atoms with Gasteiger partial charge >= 0.3 is 0 Å². The van der Waals surface area contributed by atoms with Gasteiger partial charge in [-0.05, 0) is 18.6 Å². The maximum Gasteiger partial charge on any atom is 0.138 e. The maximum atomic E-state index is 6.12. The summed E-state index contributed by atoms with van der Waals surface area (Å²) >= 11 is 6.12. The number of aromatic nitrogens is 2. The summed E-state index contributed by atoms with van der Waals surface area (Å²) in [6, 6.07) is 12.1. The molecule has 0 N–H and O–H groups in total. The Morgan fingerprint density at radius 1 is 1.10 bits per heavy atom. The zero-order valence-electron chi connectivity index (χ0n) is 12.0. The third-order valence-corrected chi connectivity index (χ3v) is 3.32. The molecule has 0 saturated heterocycles. The van der Waals surface area contributed by atoms with Gasteiger partial charge < -0.3 is 4.90 Å². The number of rotatable bonds is 6. The standard InChI is InChI=1S/C16H20ClN3/c1-3-5-11-20(13-9-7-6-8-10-13)16-12-14(17)18-15(4-2)19-16/h6-10,12H,3-5,11H2,1-2H3. The quantitative estimate of drug-likeness (QED) is 0.726. The third-order valence-electron chi connectivity index (χ3n) is 3.12. The van der Waals surface area contributed by atoms with Gasteiger partial charge in [0.05, 0.1) is 0 Å². The van der Waals surface area contributed by atoms with Crippen molar-refractivity contribution in [2.45, 2.75) is 33.1 Å². The van der Waals surface area contributed by atoms with Crippen LogP contribution in [-0.2, 0) is 6.42 Å². The van der Waals surface area contributed by atoms with Crippen molar-refractivity contribution in [1.29, 1.82) is 0 Å². The van der Waals surface area contributed by atoms with Crippen LogP contribution < -0.4 is 4.90 Å². The summed E-state index contributed by atoms with van der Waals surface area (Å²) in [4.78, 5) is 11.1. The topological polar surface area (TPSA) is 29.0 Å². The molecule has 0 unspecified atom stereocenters. The molecule has 1 aromatic carbocycles.